The molecule has 1 aromatic carbocycles. The van der Waals surface area contributed by atoms with Gasteiger partial charge in [-0.1, -0.05) is 37.3 Å². The summed E-state index contributed by atoms with van der Waals surface area (Å²) in [5, 5.41) is 3.00. The summed E-state index contributed by atoms with van der Waals surface area (Å²) in [6, 6.07) is 9.20. The van der Waals surface area contributed by atoms with Crippen LogP contribution < -0.4 is 11.1 Å². The molecule has 1 heterocycles. The topological polar surface area (TPSA) is 92.5 Å². The molecular weight excluding hydrogens is 314 g/mol. The number of hydrogen-bond donors (Lipinski definition) is 2. The Morgan fingerprint density at radius 2 is 1.83 bits per heavy atom. The van der Waals surface area contributed by atoms with Crippen molar-refractivity contribution in [3.63, 3.8) is 0 Å². The maximum atomic E-state index is 12.4. The number of amides is 1. The van der Waals surface area contributed by atoms with Gasteiger partial charge >= 0.3 is 0 Å². The predicted molar refractivity (Wildman–Crippen MR) is 90.1 cm³/mol. The Hall–Kier alpha value is -1.44. The summed E-state index contributed by atoms with van der Waals surface area (Å²) in [4.78, 5) is 12.4. The molecule has 0 bridgehead atoms. The van der Waals surface area contributed by atoms with Crippen LogP contribution in [0.2, 0.25) is 0 Å². The molecule has 0 saturated carbocycles. The van der Waals surface area contributed by atoms with Crippen LogP contribution in [0.1, 0.15) is 31.4 Å². The highest BCUT2D eigenvalue weighted by atomic mass is 32.2. The van der Waals surface area contributed by atoms with Gasteiger partial charge < -0.3 is 11.1 Å². The second kappa shape index (κ2) is 7.42. The van der Waals surface area contributed by atoms with E-state index < -0.39 is 10.0 Å². The Morgan fingerprint density at radius 1 is 1.26 bits per heavy atom. The van der Waals surface area contributed by atoms with Crippen LogP contribution in [0.3, 0.4) is 0 Å². The number of sulfonamides is 1. The SMILES string of the molecule is CC(C(=O)NC1CCN(S(C)(=O)=O)CC1)C(N)c1ccccc1. The van der Waals surface area contributed by atoms with Crippen molar-refractivity contribution in [2.24, 2.45) is 11.7 Å². The first-order valence-electron chi connectivity index (χ1n) is 7.85. The molecule has 2 unspecified atom stereocenters. The molecule has 3 N–H and O–H groups in total. The predicted octanol–water partition coefficient (Wildman–Crippen LogP) is 0.863. The number of piperidine rings is 1. The van der Waals surface area contributed by atoms with Gasteiger partial charge in [0.25, 0.3) is 0 Å². The van der Waals surface area contributed by atoms with E-state index in [1.54, 1.807) is 0 Å². The number of nitrogens with zero attached hydrogens (tertiary/aromatic N) is 1. The van der Waals surface area contributed by atoms with Crippen LogP contribution in [0.25, 0.3) is 0 Å². The van der Waals surface area contributed by atoms with E-state index in [9.17, 15) is 13.2 Å². The molecule has 2 rings (SSSR count). The molecule has 1 amide bonds. The average Bonchev–Trinajstić information content (AvgIpc) is 2.54. The zero-order chi connectivity index (χ0) is 17.0. The summed E-state index contributed by atoms with van der Waals surface area (Å²) in [5.74, 6) is -0.426. The van der Waals surface area contributed by atoms with E-state index in [1.165, 1.54) is 10.6 Å². The van der Waals surface area contributed by atoms with Crippen molar-refractivity contribution in [2.75, 3.05) is 19.3 Å². The normalized spacial score (nSPS) is 20.0. The van der Waals surface area contributed by atoms with Gasteiger partial charge in [-0.15, -0.1) is 0 Å². The summed E-state index contributed by atoms with van der Waals surface area (Å²) in [7, 11) is -3.14. The second-order valence-electron chi connectivity index (χ2n) is 6.17. The highest BCUT2D eigenvalue weighted by molar-refractivity contribution is 7.88. The average molecular weight is 339 g/mol. The second-order valence-corrected chi connectivity index (χ2v) is 8.15. The Labute approximate surface area is 138 Å². The maximum Gasteiger partial charge on any atom is 0.224 e. The number of hydrogen-bond acceptors (Lipinski definition) is 4. The molecule has 23 heavy (non-hydrogen) atoms. The molecule has 0 aliphatic carbocycles. The molecular formula is C16H25N3O3S. The minimum absolute atomic E-state index is 0.00548. The van der Waals surface area contributed by atoms with E-state index in [4.69, 9.17) is 5.73 Å². The van der Waals surface area contributed by atoms with E-state index in [1.807, 2.05) is 37.3 Å². The lowest BCUT2D eigenvalue weighted by atomic mass is 9.94. The van der Waals surface area contributed by atoms with Crippen LogP contribution in [0.15, 0.2) is 30.3 Å². The lowest BCUT2D eigenvalue weighted by Crippen LogP contribution is -2.48. The number of carbonyl (C=O) groups excluding carboxylic acids is 1. The van der Waals surface area contributed by atoms with Crippen LogP contribution in [-0.2, 0) is 14.8 Å². The van der Waals surface area contributed by atoms with Gasteiger partial charge in [0.1, 0.15) is 0 Å². The molecule has 1 fully saturated rings. The van der Waals surface area contributed by atoms with Crippen LogP contribution in [0.5, 0.6) is 0 Å². The third-order valence-electron chi connectivity index (χ3n) is 4.41. The summed E-state index contributed by atoms with van der Waals surface area (Å²) in [6.07, 6.45) is 2.48. The van der Waals surface area contributed by atoms with E-state index in [0.29, 0.717) is 25.9 Å². The fourth-order valence-corrected chi connectivity index (χ4v) is 3.67. The Balaban J connectivity index is 1.88. The van der Waals surface area contributed by atoms with Crippen molar-refractivity contribution < 1.29 is 13.2 Å². The lowest BCUT2D eigenvalue weighted by molar-refractivity contribution is -0.126. The quantitative estimate of drug-likeness (QED) is 0.832. The third kappa shape index (κ3) is 4.76. The molecule has 6 nitrogen and oxygen atoms in total. The van der Waals surface area contributed by atoms with Crippen LogP contribution in [0.4, 0.5) is 0 Å². The first-order valence-corrected chi connectivity index (χ1v) is 9.70. The van der Waals surface area contributed by atoms with Gasteiger partial charge in [0.15, 0.2) is 0 Å². The van der Waals surface area contributed by atoms with Gasteiger partial charge in [0.2, 0.25) is 15.9 Å². The molecule has 1 aliphatic heterocycles. The van der Waals surface area contributed by atoms with E-state index >= 15 is 0 Å². The number of benzene rings is 1. The van der Waals surface area contributed by atoms with Crippen molar-refractivity contribution in [3.05, 3.63) is 35.9 Å². The van der Waals surface area contributed by atoms with Gasteiger partial charge in [0, 0.05) is 25.2 Å². The molecule has 0 spiro atoms. The number of nitrogens with one attached hydrogen (secondary N) is 1. The first kappa shape index (κ1) is 17.9. The maximum absolute atomic E-state index is 12.4. The minimum Gasteiger partial charge on any atom is -0.353 e. The molecule has 1 saturated heterocycles. The molecule has 1 aromatic rings. The van der Waals surface area contributed by atoms with Crippen LogP contribution >= 0.6 is 0 Å². The van der Waals surface area contributed by atoms with Crippen LogP contribution in [-0.4, -0.2) is 44.0 Å². The van der Waals surface area contributed by atoms with Crippen LogP contribution in [0, 0.1) is 5.92 Å². The smallest absolute Gasteiger partial charge is 0.224 e. The Kier molecular flexibility index (Phi) is 5.78. The third-order valence-corrected chi connectivity index (χ3v) is 5.71. The van der Waals surface area contributed by atoms with Crippen molar-refractivity contribution in [1.82, 2.24) is 9.62 Å². The largest absolute Gasteiger partial charge is 0.353 e. The monoisotopic (exact) mass is 339 g/mol. The van der Waals surface area contributed by atoms with Crippen molar-refractivity contribution >= 4 is 15.9 Å². The molecule has 2 atom stereocenters. The number of rotatable bonds is 5. The fraction of sp³-hybridized carbons (Fsp3) is 0.562. The fourth-order valence-electron chi connectivity index (χ4n) is 2.79. The van der Waals surface area contributed by atoms with Crippen molar-refractivity contribution in [1.29, 1.82) is 0 Å². The number of carbonyl (C=O) groups is 1. The van der Waals surface area contributed by atoms with Gasteiger partial charge in [-0.25, -0.2) is 12.7 Å². The van der Waals surface area contributed by atoms with E-state index in [-0.39, 0.29) is 23.9 Å². The van der Waals surface area contributed by atoms with Gasteiger partial charge in [-0.3, -0.25) is 4.79 Å². The summed E-state index contributed by atoms with van der Waals surface area (Å²) >= 11 is 0. The summed E-state index contributed by atoms with van der Waals surface area (Å²) in [6.45, 7) is 2.71. The molecule has 1 aliphatic rings. The Bertz CT molecular complexity index is 625. The first-order chi connectivity index (χ1) is 10.8. The molecule has 7 heteroatoms. The Morgan fingerprint density at radius 3 is 2.35 bits per heavy atom. The summed E-state index contributed by atoms with van der Waals surface area (Å²) in [5.41, 5.74) is 7.11. The zero-order valence-corrected chi connectivity index (χ0v) is 14.4. The van der Waals surface area contributed by atoms with Crippen molar-refractivity contribution in [2.45, 2.75) is 31.8 Å². The van der Waals surface area contributed by atoms with Crippen molar-refractivity contribution in [3.8, 4) is 0 Å². The van der Waals surface area contributed by atoms with Gasteiger partial charge in [0.05, 0.1) is 12.2 Å². The summed E-state index contributed by atoms with van der Waals surface area (Å²) < 4.78 is 24.4. The lowest BCUT2D eigenvalue weighted by Gasteiger charge is -2.31. The minimum atomic E-state index is -3.14. The molecule has 0 aromatic heterocycles. The molecule has 128 valence electrons. The zero-order valence-electron chi connectivity index (χ0n) is 13.6. The highest BCUT2D eigenvalue weighted by Gasteiger charge is 2.28. The van der Waals surface area contributed by atoms with Gasteiger partial charge in [-0.2, -0.15) is 0 Å². The standard InChI is InChI=1S/C16H25N3O3S/c1-12(15(17)13-6-4-3-5-7-13)16(20)18-14-8-10-19(11-9-14)23(2,21)22/h3-7,12,14-15H,8-11,17H2,1-2H3,(H,18,20). The van der Waals surface area contributed by atoms with E-state index in [0.717, 1.165) is 5.56 Å². The number of nitrogens with two attached hydrogens (primary N) is 1. The highest BCUT2D eigenvalue weighted by Crippen LogP contribution is 2.20. The molecule has 0 radical (unpaired) electrons. The van der Waals surface area contributed by atoms with Gasteiger partial charge in [-0.05, 0) is 18.4 Å². The van der Waals surface area contributed by atoms with E-state index in [2.05, 4.69) is 5.32 Å².